The lowest BCUT2D eigenvalue weighted by molar-refractivity contribution is -0.317. The number of hydrogen-bond acceptors (Lipinski definition) is 4. The zero-order valence-corrected chi connectivity index (χ0v) is 16.5. The maximum atomic E-state index is 13.9. The van der Waals surface area contributed by atoms with Crippen molar-refractivity contribution in [1.82, 2.24) is 5.01 Å². The van der Waals surface area contributed by atoms with Crippen molar-refractivity contribution < 1.29 is 27.8 Å². The first kappa shape index (κ1) is 21.2. The first-order chi connectivity index (χ1) is 13.1. The van der Waals surface area contributed by atoms with Crippen molar-refractivity contribution in [2.45, 2.75) is 57.0 Å². The van der Waals surface area contributed by atoms with Gasteiger partial charge in [-0.25, -0.2) is 0 Å². The molecule has 10 heteroatoms. The smallest absolute Gasteiger partial charge is 0.439 e. The Kier molecular flexibility index (Phi) is 5.85. The average molecular weight is 439 g/mol. The summed E-state index contributed by atoms with van der Waals surface area (Å²) in [6.45, 7) is 1.28. The van der Waals surface area contributed by atoms with E-state index < -0.39 is 29.8 Å². The molecule has 1 aliphatic carbocycles. The summed E-state index contributed by atoms with van der Waals surface area (Å²) in [4.78, 5) is 12.8. The van der Waals surface area contributed by atoms with E-state index in [0.717, 1.165) is 6.42 Å². The van der Waals surface area contributed by atoms with Crippen LogP contribution in [0, 0.1) is 5.92 Å². The monoisotopic (exact) mass is 438 g/mol. The number of nitrogens with zero attached hydrogens (tertiary/aromatic N) is 2. The maximum absolute atomic E-state index is 13.9. The largest absolute Gasteiger partial charge is 0.479 e. The fraction of sp³-hybridized carbons (Fsp3) is 0.556. The number of carbonyl (C=O) groups excluding carboxylic acids is 1. The minimum absolute atomic E-state index is 0.0866. The molecular formula is C18H19Cl2F3N2O3. The van der Waals surface area contributed by atoms with Crippen molar-refractivity contribution in [1.29, 1.82) is 0 Å². The SMILES string of the molecule is C[C@H](Oc1ccc(Cl)cc1Cl)C(=O)N1N=C2CCCCC[C@@H]2[C@]1(O)C(F)(F)F. The van der Waals surface area contributed by atoms with Crippen LogP contribution in [0.25, 0.3) is 0 Å². The average Bonchev–Trinajstić information content (AvgIpc) is 2.76. The van der Waals surface area contributed by atoms with Crippen molar-refractivity contribution in [3.63, 3.8) is 0 Å². The predicted molar refractivity (Wildman–Crippen MR) is 98.4 cm³/mol. The maximum Gasteiger partial charge on any atom is 0.439 e. The molecule has 154 valence electrons. The molecule has 0 unspecified atom stereocenters. The minimum Gasteiger partial charge on any atom is -0.479 e. The number of aliphatic hydroxyl groups is 1. The number of carbonyl (C=O) groups is 1. The van der Waals surface area contributed by atoms with Gasteiger partial charge in [0.25, 0.3) is 11.6 Å². The Balaban J connectivity index is 1.89. The summed E-state index contributed by atoms with van der Waals surface area (Å²) in [5.41, 5.74) is -3.19. The van der Waals surface area contributed by atoms with Crippen molar-refractivity contribution in [2.24, 2.45) is 11.0 Å². The molecule has 2 aliphatic rings. The van der Waals surface area contributed by atoms with Crippen molar-refractivity contribution in [3.8, 4) is 5.75 Å². The molecule has 28 heavy (non-hydrogen) atoms. The third kappa shape index (κ3) is 3.69. The predicted octanol–water partition coefficient (Wildman–Crippen LogP) is 4.79. The highest BCUT2D eigenvalue weighted by atomic mass is 35.5. The van der Waals surface area contributed by atoms with Crippen LogP contribution in [0.3, 0.4) is 0 Å². The Morgan fingerprint density at radius 1 is 1.36 bits per heavy atom. The van der Waals surface area contributed by atoms with Crippen LogP contribution in [0.4, 0.5) is 13.2 Å². The van der Waals surface area contributed by atoms with Crippen LogP contribution in [-0.2, 0) is 4.79 Å². The lowest BCUT2D eigenvalue weighted by Gasteiger charge is -2.37. The molecule has 0 spiro atoms. The second kappa shape index (κ2) is 7.72. The Morgan fingerprint density at radius 3 is 2.71 bits per heavy atom. The molecule has 5 nitrogen and oxygen atoms in total. The van der Waals surface area contributed by atoms with E-state index in [1.807, 2.05) is 0 Å². The fourth-order valence-electron chi connectivity index (χ4n) is 3.60. The zero-order valence-electron chi connectivity index (χ0n) is 15.0. The summed E-state index contributed by atoms with van der Waals surface area (Å²) >= 11 is 11.8. The van der Waals surface area contributed by atoms with Crippen LogP contribution in [0.15, 0.2) is 23.3 Å². The van der Waals surface area contributed by atoms with Gasteiger partial charge < -0.3 is 9.84 Å². The van der Waals surface area contributed by atoms with Gasteiger partial charge in [0.05, 0.1) is 10.9 Å². The van der Waals surface area contributed by atoms with Gasteiger partial charge in [0, 0.05) is 10.7 Å². The van der Waals surface area contributed by atoms with Gasteiger partial charge in [-0.1, -0.05) is 36.0 Å². The van der Waals surface area contributed by atoms with Crippen LogP contribution in [-0.4, -0.2) is 39.7 Å². The van der Waals surface area contributed by atoms with Crippen LogP contribution < -0.4 is 4.74 Å². The van der Waals surface area contributed by atoms with Crippen molar-refractivity contribution in [2.75, 3.05) is 0 Å². The zero-order chi connectivity index (χ0) is 20.7. The fourth-order valence-corrected chi connectivity index (χ4v) is 4.05. The molecule has 0 radical (unpaired) electrons. The Morgan fingerprint density at radius 2 is 2.07 bits per heavy atom. The summed E-state index contributed by atoms with van der Waals surface area (Å²) in [6.07, 6.45) is -4.07. The van der Waals surface area contributed by atoms with E-state index >= 15 is 0 Å². The van der Waals surface area contributed by atoms with E-state index in [4.69, 9.17) is 27.9 Å². The molecule has 0 saturated heterocycles. The third-order valence-electron chi connectivity index (χ3n) is 5.04. The second-order valence-corrected chi connectivity index (χ2v) is 7.80. The van der Waals surface area contributed by atoms with Gasteiger partial charge in [-0.05, 0) is 44.4 Å². The molecular weight excluding hydrogens is 420 g/mol. The van der Waals surface area contributed by atoms with Crippen LogP contribution >= 0.6 is 23.2 Å². The highest BCUT2D eigenvalue weighted by molar-refractivity contribution is 6.35. The number of hydrogen-bond donors (Lipinski definition) is 1. The number of fused-ring (bicyclic) bond motifs is 1. The topological polar surface area (TPSA) is 62.1 Å². The van der Waals surface area contributed by atoms with E-state index in [2.05, 4.69) is 5.10 Å². The summed E-state index contributed by atoms with van der Waals surface area (Å²) in [5.74, 6) is -2.29. The van der Waals surface area contributed by atoms with Gasteiger partial charge in [-0.2, -0.15) is 23.3 Å². The Bertz CT molecular complexity index is 803. The normalized spacial score (nSPS) is 26.3. The van der Waals surface area contributed by atoms with Gasteiger partial charge in [-0.3, -0.25) is 4.79 Å². The first-order valence-corrected chi connectivity index (χ1v) is 9.63. The molecule has 1 fully saturated rings. The highest BCUT2D eigenvalue weighted by Crippen LogP contribution is 2.47. The van der Waals surface area contributed by atoms with Crippen molar-refractivity contribution in [3.05, 3.63) is 28.2 Å². The molecule has 1 aromatic carbocycles. The van der Waals surface area contributed by atoms with E-state index in [9.17, 15) is 23.1 Å². The summed E-state index contributed by atoms with van der Waals surface area (Å²) < 4.78 is 47.0. The molecule has 0 aromatic heterocycles. The lowest BCUT2D eigenvalue weighted by atomic mass is 9.87. The van der Waals surface area contributed by atoms with Gasteiger partial charge >= 0.3 is 6.18 Å². The number of benzene rings is 1. The number of amides is 1. The number of alkyl halides is 3. The van der Waals surface area contributed by atoms with Gasteiger partial charge in [0.15, 0.2) is 6.10 Å². The second-order valence-electron chi connectivity index (χ2n) is 6.95. The van der Waals surface area contributed by atoms with E-state index in [1.165, 1.54) is 25.1 Å². The first-order valence-electron chi connectivity index (χ1n) is 8.88. The molecule has 3 rings (SSSR count). The van der Waals surface area contributed by atoms with E-state index in [-0.39, 0.29) is 27.9 Å². The number of halogens is 5. The quantitative estimate of drug-likeness (QED) is 0.737. The third-order valence-corrected chi connectivity index (χ3v) is 5.57. The number of hydrazone groups is 1. The van der Waals surface area contributed by atoms with Crippen LogP contribution in [0.5, 0.6) is 5.75 Å². The number of rotatable bonds is 3. The Labute approximate surface area is 170 Å². The summed E-state index contributed by atoms with van der Waals surface area (Å²) in [7, 11) is 0. The van der Waals surface area contributed by atoms with Gasteiger partial charge in [-0.15, -0.1) is 0 Å². The molecule has 1 N–H and O–H groups in total. The lowest BCUT2D eigenvalue weighted by Crippen LogP contribution is -2.62. The summed E-state index contributed by atoms with van der Waals surface area (Å²) in [6, 6.07) is 4.26. The highest BCUT2D eigenvalue weighted by Gasteiger charge is 2.68. The molecule has 0 bridgehead atoms. The molecule has 1 aromatic rings. The standard InChI is InChI=1S/C18H19Cl2F3N2O3/c1-10(28-15-8-7-11(19)9-13(15)20)16(26)25-17(27,18(21,22)23)12-5-3-2-4-6-14(12)24-25/h7-10,12,27H,2-6H2,1H3/t10-,12-,17-/m0/s1. The van der Waals surface area contributed by atoms with Crippen LogP contribution in [0.2, 0.25) is 10.0 Å². The van der Waals surface area contributed by atoms with Crippen LogP contribution in [0.1, 0.15) is 39.0 Å². The molecule has 3 atom stereocenters. The van der Waals surface area contributed by atoms with Gasteiger partial charge in [0.1, 0.15) is 5.75 Å². The Hall–Kier alpha value is -1.51. The molecule has 1 saturated carbocycles. The summed E-state index contributed by atoms with van der Waals surface area (Å²) in [5, 5.41) is 15.1. The molecule has 1 heterocycles. The van der Waals surface area contributed by atoms with E-state index in [0.29, 0.717) is 24.3 Å². The minimum atomic E-state index is -5.07. The van der Waals surface area contributed by atoms with Gasteiger partial charge in [0.2, 0.25) is 0 Å². The molecule has 1 aliphatic heterocycles. The van der Waals surface area contributed by atoms with Crippen molar-refractivity contribution >= 4 is 34.8 Å². The number of ether oxygens (including phenoxy) is 1. The molecule has 1 amide bonds. The van der Waals surface area contributed by atoms with E-state index in [1.54, 1.807) is 0 Å².